The summed E-state index contributed by atoms with van der Waals surface area (Å²) in [5, 5.41) is 0. The van der Waals surface area contributed by atoms with Gasteiger partial charge in [0, 0.05) is 55.0 Å². The second-order valence-electron chi connectivity index (χ2n) is 0. The van der Waals surface area contributed by atoms with Gasteiger partial charge < -0.3 is 0 Å². The molecule has 16 valence electrons. The topological polar surface area (TPSA) is 17.1 Å². The second kappa shape index (κ2) is 20.8. The van der Waals surface area contributed by atoms with Gasteiger partial charge >= 0.3 is 0 Å². The number of hydrogen-bond acceptors (Lipinski definition) is 2. The Bertz CT molecular complexity index is 8.00. The molecule has 0 aromatic rings. The third kappa shape index (κ3) is 9.11. The molecule has 0 aromatic heterocycles. The first-order valence-corrected chi connectivity index (χ1v) is 0.500. The third-order valence-electron chi connectivity index (χ3n) is 0. The molecule has 0 N–H and O–H groups in total. The normalized spacial score (nSPS) is 1.00. The molecule has 0 aliphatic carbocycles. The second-order valence-corrected chi connectivity index (χ2v) is 0. The fraction of sp³-hybridized carbons (Fsp3) is 0. The van der Waals surface area contributed by atoms with Gasteiger partial charge in [0.1, 0.15) is 0 Å². The van der Waals surface area contributed by atoms with Crippen molar-refractivity contribution < 1.29 is 59.2 Å². The van der Waals surface area contributed by atoms with Crippen LogP contribution < -0.4 is 0 Å². The molecule has 0 unspecified atom stereocenters. The Kier molecular flexibility index (Phi) is 87.8. The van der Waals surface area contributed by atoms with Crippen molar-refractivity contribution in [1.82, 2.24) is 0 Å². The zero-order chi connectivity index (χ0) is 2.00. The first kappa shape index (κ1) is 16.9. The zero-order valence-corrected chi connectivity index (χ0v) is 12.6. The van der Waals surface area contributed by atoms with Crippen LogP contribution in [0.4, 0.5) is 0 Å². The van der Waals surface area contributed by atoms with E-state index in [1.165, 1.54) is 0 Å². The molecule has 0 radical (unpaired) electrons. The van der Waals surface area contributed by atoms with Gasteiger partial charge in [-0.2, -0.15) is 4.21 Å². The molecule has 4 heavy (non-hydrogen) atoms. The van der Waals surface area contributed by atoms with Gasteiger partial charge in [-0.3, -0.25) is 0 Å². The van der Waals surface area contributed by atoms with Crippen LogP contribution in [0.15, 0.2) is 0 Å². The third-order valence-corrected chi connectivity index (χ3v) is 0. The minimum absolute atomic E-state index is 0. The van der Waals surface area contributed by atoms with Crippen molar-refractivity contribution in [2.24, 2.45) is 0 Å². The monoisotopic (exact) mass is 364 g/mol. The minimum Gasteiger partial charge on any atom is -0.197 e. The van der Waals surface area contributed by atoms with E-state index in [0.717, 1.165) is 0 Å². The van der Waals surface area contributed by atoms with E-state index in [-0.39, 0.29) is 55.0 Å². The summed E-state index contributed by atoms with van der Waals surface area (Å²) < 4.78 is 7.83. The van der Waals surface area contributed by atoms with Crippen LogP contribution in [0.5, 0.6) is 0 Å². The molecule has 0 rings (SSSR count). The summed E-state index contributed by atoms with van der Waals surface area (Å²) in [6.07, 6.45) is 0. The molecule has 0 heterocycles. The molecule has 0 bridgehead atoms. The molecule has 0 amide bonds. The average molecular weight is 361 g/mol. The standard InChI is InChI=1S/Cd.Hg.OS/c;;1-2. The molecule has 0 spiro atoms. The van der Waals surface area contributed by atoms with Crippen molar-refractivity contribution in [3.05, 3.63) is 0 Å². The molecule has 0 fully saturated rings. The van der Waals surface area contributed by atoms with E-state index in [2.05, 4.69) is 12.5 Å². The summed E-state index contributed by atoms with van der Waals surface area (Å²) in [5.74, 6) is 0. The Balaban J connectivity index is -0.00000000500. The quantitative estimate of drug-likeness (QED) is 0.550. The minimum atomic E-state index is 0. The molecular weight excluding hydrogens is 361 g/mol. The van der Waals surface area contributed by atoms with Gasteiger partial charge in [0.15, 0.2) is 12.5 Å². The SMILES string of the molecule is O=S.[Cd].[Hg]. The molecule has 0 saturated heterocycles. The van der Waals surface area contributed by atoms with Crippen molar-refractivity contribution in [3.63, 3.8) is 0 Å². The van der Waals surface area contributed by atoms with E-state index in [0.29, 0.717) is 0 Å². The Morgan fingerprint density at radius 2 is 1.25 bits per heavy atom. The maximum absolute atomic E-state index is 7.83. The first-order chi connectivity index (χ1) is 1.00. The van der Waals surface area contributed by atoms with E-state index in [1.807, 2.05) is 0 Å². The summed E-state index contributed by atoms with van der Waals surface area (Å²) >= 11 is 2.83. The Hall–Kier alpha value is 1.88. The average Bonchev–Trinajstić information content (AvgIpc) is 1.00. The van der Waals surface area contributed by atoms with Gasteiger partial charge in [-0.1, -0.05) is 0 Å². The van der Waals surface area contributed by atoms with E-state index in [1.54, 1.807) is 0 Å². The van der Waals surface area contributed by atoms with E-state index in [4.69, 9.17) is 4.21 Å². The molecular formula is CdHgOS. The van der Waals surface area contributed by atoms with Gasteiger partial charge in [0.2, 0.25) is 0 Å². The summed E-state index contributed by atoms with van der Waals surface area (Å²) in [6, 6.07) is 0. The van der Waals surface area contributed by atoms with Crippen molar-refractivity contribution in [2.75, 3.05) is 0 Å². The van der Waals surface area contributed by atoms with Crippen molar-refractivity contribution >= 4 is 12.5 Å². The van der Waals surface area contributed by atoms with Crippen LogP contribution in [0.25, 0.3) is 0 Å². The van der Waals surface area contributed by atoms with Gasteiger partial charge in [0.05, 0.1) is 0 Å². The van der Waals surface area contributed by atoms with Crippen LogP contribution in [-0.4, -0.2) is 4.21 Å². The molecule has 0 aliphatic rings. The fourth-order valence-corrected chi connectivity index (χ4v) is 0. The molecule has 0 saturated carbocycles. The molecule has 0 aromatic carbocycles. The van der Waals surface area contributed by atoms with Gasteiger partial charge in [-0.15, -0.1) is 0 Å². The number of rotatable bonds is 0. The van der Waals surface area contributed by atoms with Crippen LogP contribution in [0.3, 0.4) is 0 Å². The van der Waals surface area contributed by atoms with Crippen molar-refractivity contribution in [2.45, 2.75) is 0 Å². The first-order valence-electron chi connectivity index (χ1n) is 0.167. The summed E-state index contributed by atoms with van der Waals surface area (Å²) in [7, 11) is 0. The summed E-state index contributed by atoms with van der Waals surface area (Å²) in [4.78, 5) is 0. The van der Waals surface area contributed by atoms with E-state index >= 15 is 0 Å². The molecule has 1 nitrogen and oxygen atoms in total. The van der Waals surface area contributed by atoms with Crippen LogP contribution >= 0.6 is 0 Å². The molecule has 0 aliphatic heterocycles. The van der Waals surface area contributed by atoms with Crippen LogP contribution in [0, 0.1) is 0 Å². The Labute approximate surface area is 70.7 Å². The van der Waals surface area contributed by atoms with E-state index < -0.39 is 0 Å². The summed E-state index contributed by atoms with van der Waals surface area (Å²) in [5.41, 5.74) is 0. The van der Waals surface area contributed by atoms with Crippen molar-refractivity contribution in [1.29, 1.82) is 0 Å². The predicted octanol–water partition coefficient (Wildman–Crippen LogP) is -0.341. The predicted molar refractivity (Wildman–Crippen MR) is 8.14 cm³/mol. The largest absolute Gasteiger partial charge is 0.197 e. The Morgan fingerprint density at radius 1 is 1.25 bits per heavy atom. The maximum Gasteiger partial charge on any atom is 0.197 e. The van der Waals surface area contributed by atoms with Gasteiger partial charge in [0.25, 0.3) is 0 Å². The van der Waals surface area contributed by atoms with Gasteiger partial charge in [-0.25, -0.2) is 0 Å². The summed E-state index contributed by atoms with van der Waals surface area (Å²) in [6.45, 7) is 0. The maximum atomic E-state index is 7.83. The van der Waals surface area contributed by atoms with Crippen LogP contribution in [0.1, 0.15) is 0 Å². The van der Waals surface area contributed by atoms with E-state index in [9.17, 15) is 0 Å². The number of hydrogen-bond donors (Lipinski definition) is 0. The zero-order valence-electron chi connectivity index (χ0n) is 2.23. The molecule has 0 atom stereocenters. The van der Waals surface area contributed by atoms with Crippen LogP contribution in [0.2, 0.25) is 0 Å². The van der Waals surface area contributed by atoms with Gasteiger partial charge in [-0.05, 0) is 0 Å². The Morgan fingerprint density at radius 3 is 1.25 bits per heavy atom. The molecule has 4 heteroatoms. The fourth-order valence-electron chi connectivity index (χ4n) is 0. The smallest absolute Gasteiger partial charge is 0.197 e. The van der Waals surface area contributed by atoms with Crippen LogP contribution in [-0.2, 0) is 67.5 Å². The van der Waals surface area contributed by atoms with Crippen molar-refractivity contribution in [3.8, 4) is 0 Å².